The minimum atomic E-state index is -4.63. The molecule has 1 aromatic carbocycles. The summed E-state index contributed by atoms with van der Waals surface area (Å²) in [5.74, 6) is -0.181. The first kappa shape index (κ1) is 14.7. The molecular weight excluding hydrogens is 243 g/mol. The molecule has 1 rings (SSSR count). The maximum absolute atomic E-state index is 12.0. The van der Waals surface area contributed by atoms with Gasteiger partial charge in [0.2, 0.25) is 0 Å². The van der Waals surface area contributed by atoms with Crippen molar-refractivity contribution in [1.29, 1.82) is 0 Å². The van der Waals surface area contributed by atoms with Gasteiger partial charge in [-0.25, -0.2) is 0 Å². The molecule has 102 valence electrons. The van der Waals surface area contributed by atoms with E-state index in [0.29, 0.717) is 0 Å². The number of ether oxygens (including phenoxy) is 1. The van der Waals surface area contributed by atoms with Gasteiger partial charge in [0, 0.05) is 18.8 Å². The van der Waals surface area contributed by atoms with Gasteiger partial charge in [0.05, 0.1) is 0 Å². The number of anilines is 1. The van der Waals surface area contributed by atoms with E-state index in [-0.39, 0.29) is 5.75 Å². The van der Waals surface area contributed by atoms with Crippen LogP contribution in [0.1, 0.15) is 26.7 Å². The smallest absolute Gasteiger partial charge is 0.406 e. The second kappa shape index (κ2) is 6.52. The van der Waals surface area contributed by atoms with Crippen LogP contribution in [-0.2, 0) is 0 Å². The first-order valence-electron chi connectivity index (χ1n) is 6.07. The second-order valence-electron chi connectivity index (χ2n) is 4.03. The molecule has 0 atom stereocenters. The van der Waals surface area contributed by atoms with Crippen molar-refractivity contribution in [2.75, 3.05) is 18.0 Å². The van der Waals surface area contributed by atoms with Crippen LogP contribution in [0.3, 0.4) is 0 Å². The molecule has 0 bridgehead atoms. The summed E-state index contributed by atoms with van der Waals surface area (Å²) < 4.78 is 39.9. The molecule has 0 saturated carbocycles. The van der Waals surface area contributed by atoms with Gasteiger partial charge in [-0.2, -0.15) is 0 Å². The normalized spacial score (nSPS) is 11.4. The van der Waals surface area contributed by atoms with Crippen LogP contribution in [0.15, 0.2) is 24.3 Å². The van der Waals surface area contributed by atoms with E-state index in [1.807, 2.05) is 0 Å². The number of hydrogen-bond acceptors (Lipinski definition) is 2. The summed E-state index contributed by atoms with van der Waals surface area (Å²) in [6, 6.07) is 6.01. The number of hydrogen-bond donors (Lipinski definition) is 0. The number of alkyl halides is 3. The van der Waals surface area contributed by atoms with Gasteiger partial charge in [-0.15, -0.1) is 13.2 Å². The Balaban J connectivity index is 2.73. The fourth-order valence-electron chi connectivity index (χ4n) is 1.77. The Morgan fingerprint density at radius 3 is 1.89 bits per heavy atom. The van der Waals surface area contributed by atoms with Gasteiger partial charge in [-0.3, -0.25) is 0 Å². The summed E-state index contributed by atoms with van der Waals surface area (Å²) in [6.45, 7) is 5.94. The molecule has 0 N–H and O–H groups in total. The Morgan fingerprint density at radius 2 is 1.50 bits per heavy atom. The van der Waals surface area contributed by atoms with E-state index in [1.54, 1.807) is 12.1 Å². The molecule has 0 spiro atoms. The van der Waals surface area contributed by atoms with E-state index < -0.39 is 6.36 Å². The summed E-state index contributed by atoms with van der Waals surface area (Å²) in [4.78, 5) is 2.15. The van der Waals surface area contributed by atoms with Gasteiger partial charge in [-0.05, 0) is 37.1 Å². The van der Waals surface area contributed by atoms with Crippen LogP contribution in [0.2, 0.25) is 0 Å². The average molecular weight is 261 g/mol. The van der Waals surface area contributed by atoms with Crippen LogP contribution in [0, 0.1) is 0 Å². The SMILES string of the molecule is CCCN(CCC)c1ccc(OC(F)(F)F)cc1. The number of benzene rings is 1. The molecule has 0 amide bonds. The zero-order valence-corrected chi connectivity index (χ0v) is 10.6. The van der Waals surface area contributed by atoms with Crippen LogP contribution in [0.4, 0.5) is 18.9 Å². The number of halogens is 3. The molecule has 0 unspecified atom stereocenters. The summed E-state index contributed by atoms with van der Waals surface area (Å²) in [6.07, 6.45) is -2.63. The fourth-order valence-corrected chi connectivity index (χ4v) is 1.77. The minimum absolute atomic E-state index is 0.181. The third kappa shape index (κ3) is 4.85. The molecule has 0 heterocycles. The highest BCUT2D eigenvalue weighted by atomic mass is 19.4. The lowest BCUT2D eigenvalue weighted by molar-refractivity contribution is -0.274. The highest BCUT2D eigenvalue weighted by Gasteiger charge is 2.30. The molecule has 0 aromatic heterocycles. The Labute approximate surface area is 105 Å². The van der Waals surface area contributed by atoms with Crippen molar-refractivity contribution in [2.45, 2.75) is 33.1 Å². The first-order chi connectivity index (χ1) is 8.46. The van der Waals surface area contributed by atoms with Gasteiger partial charge in [0.15, 0.2) is 0 Å². The summed E-state index contributed by atoms with van der Waals surface area (Å²) in [7, 11) is 0. The highest BCUT2D eigenvalue weighted by Crippen LogP contribution is 2.25. The average Bonchev–Trinajstić information content (AvgIpc) is 2.28. The monoisotopic (exact) mass is 261 g/mol. The molecule has 2 nitrogen and oxygen atoms in total. The maximum atomic E-state index is 12.0. The van der Waals surface area contributed by atoms with Gasteiger partial charge in [0.25, 0.3) is 0 Å². The Morgan fingerprint density at radius 1 is 1.00 bits per heavy atom. The number of rotatable bonds is 6. The van der Waals surface area contributed by atoms with Crippen LogP contribution < -0.4 is 9.64 Å². The largest absolute Gasteiger partial charge is 0.573 e. The van der Waals surface area contributed by atoms with Crippen molar-refractivity contribution < 1.29 is 17.9 Å². The van der Waals surface area contributed by atoms with Gasteiger partial charge in [-0.1, -0.05) is 13.8 Å². The lowest BCUT2D eigenvalue weighted by Gasteiger charge is -2.24. The van der Waals surface area contributed by atoms with E-state index >= 15 is 0 Å². The van der Waals surface area contributed by atoms with E-state index in [2.05, 4.69) is 23.5 Å². The fraction of sp³-hybridized carbons (Fsp3) is 0.538. The predicted octanol–water partition coefficient (Wildman–Crippen LogP) is 4.21. The Bertz CT molecular complexity index is 342. The molecule has 0 aliphatic rings. The van der Waals surface area contributed by atoms with E-state index in [9.17, 15) is 13.2 Å². The zero-order chi connectivity index (χ0) is 13.6. The second-order valence-corrected chi connectivity index (χ2v) is 4.03. The van der Waals surface area contributed by atoms with Gasteiger partial charge in [0.1, 0.15) is 5.75 Å². The molecule has 1 aromatic rings. The topological polar surface area (TPSA) is 12.5 Å². The summed E-state index contributed by atoms with van der Waals surface area (Å²) in [5, 5.41) is 0. The van der Waals surface area contributed by atoms with Crippen LogP contribution >= 0.6 is 0 Å². The minimum Gasteiger partial charge on any atom is -0.406 e. The van der Waals surface area contributed by atoms with Crippen molar-refractivity contribution >= 4 is 5.69 Å². The Hall–Kier alpha value is -1.39. The van der Waals surface area contributed by atoms with Crippen molar-refractivity contribution in [3.63, 3.8) is 0 Å². The molecule has 0 aliphatic heterocycles. The van der Waals surface area contributed by atoms with Crippen LogP contribution in [0.5, 0.6) is 5.75 Å². The predicted molar refractivity (Wildman–Crippen MR) is 65.9 cm³/mol. The molecule has 0 radical (unpaired) electrons. The number of nitrogens with zero attached hydrogens (tertiary/aromatic N) is 1. The van der Waals surface area contributed by atoms with Crippen molar-refractivity contribution in [3.8, 4) is 5.75 Å². The van der Waals surface area contributed by atoms with Gasteiger partial charge >= 0.3 is 6.36 Å². The standard InChI is InChI=1S/C13H18F3NO/c1-3-9-17(10-4-2)11-5-7-12(8-6-11)18-13(14,15)16/h5-8H,3-4,9-10H2,1-2H3. The highest BCUT2D eigenvalue weighted by molar-refractivity contribution is 5.49. The van der Waals surface area contributed by atoms with E-state index in [4.69, 9.17) is 0 Å². The third-order valence-corrected chi connectivity index (χ3v) is 2.42. The molecule has 0 fully saturated rings. The lowest BCUT2D eigenvalue weighted by atomic mass is 10.2. The Kier molecular flexibility index (Phi) is 5.31. The summed E-state index contributed by atoms with van der Waals surface area (Å²) in [5.41, 5.74) is 0.924. The van der Waals surface area contributed by atoms with Crippen molar-refractivity contribution in [2.24, 2.45) is 0 Å². The van der Waals surface area contributed by atoms with E-state index in [0.717, 1.165) is 31.6 Å². The van der Waals surface area contributed by atoms with Gasteiger partial charge < -0.3 is 9.64 Å². The molecule has 0 saturated heterocycles. The molecule has 5 heteroatoms. The third-order valence-electron chi connectivity index (χ3n) is 2.42. The quantitative estimate of drug-likeness (QED) is 0.760. The van der Waals surface area contributed by atoms with Crippen LogP contribution in [-0.4, -0.2) is 19.5 Å². The van der Waals surface area contributed by atoms with Crippen LogP contribution in [0.25, 0.3) is 0 Å². The molecule has 0 aliphatic carbocycles. The maximum Gasteiger partial charge on any atom is 0.573 e. The lowest BCUT2D eigenvalue weighted by Crippen LogP contribution is -2.24. The first-order valence-corrected chi connectivity index (χ1v) is 6.07. The summed E-state index contributed by atoms with van der Waals surface area (Å²) >= 11 is 0. The zero-order valence-electron chi connectivity index (χ0n) is 10.6. The van der Waals surface area contributed by atoms with Crippen molar-refractivity contribution in [1.82, 2.24) is 0 Å². The molecular formula is C13H18F3NO. The van der Waals surface area contributed by atoms with E-state index in [1.165, 1.54) is 12.1 Å². The van der Waals surface area contributed by atoms with Crippen molar-refractivity contribution in [3.05, 3.63) is 24.3 Å². The molecule has 18 heavy (non-hydrogen) atoms.